The van der Waals surface area contributed by atoms with Crippen molar-refractivity contribution >= 4 is 23.4 Å². The molecule has 0 unspecified atom stereocenters. The van der Waals surface area contributed by atoms with E-state index in [0.29, 0.717) is 29.5 Å². The minimum Gasteiger partial charge on any atom is -0.493 e. The molecule has 1 atom stereocenters. The molecule has 8 heteroatoms. The zero-order chi connectivity index (χ0) is 26.1. The molecule has 1 N–H and O–H groups in total. The SMILES string of the molecule is COc1ccc(CCNC(=O)[C@H](C)N(Cc2ccc(F)cc2)C(=O)Cc2ccc(Cl)cc2)cc1OC. The van der Waals surface area contributed by atoms with Gasteiger partial charge in [-0.05, 0) is 66.4 Å². The molecule has 190 valence electrons. The first-order valence-electron chi connectivity index (χ1n) is 11.6. The standard InChI is InChI=1S/C28H30ClFN2O4/c1-19(28(34)31-15-14-21-8-13-25(35-2)26(16-21)36-3)32(18-22-6-11-24(30)12-7-22)27(33)17-20-4-9-23(29)10-5-20/h4-13,16,19H,14-15,17-18H2,1-3H3,(H,31,34)/t19-/m0/s1. The maximum absolute atomic E-state index is 13.4. The van der Waals surface area contributed by atoms with Crippen LogP contribution in [0.2, 0.25) is 5.02 Å². The van der Waals surface area contributed by atoms with Gasteiger partial charge in [-0.3, -0.25) is 9.59 Å². The van der Waals surface area contributed by atoms with E-state index in [9.17, 15) is 14.0 Å². The topological polar surface area (TPSA) is 67.9 Å². The van der Waals surface area contributed by atoms with Crippen LogP contribution in [0.25, 0.3) is 0 Å². The van der Waals surface area contributed by atoms with E-state index in [2.05, 4.69) is 5.32 Å². The number of rotatable bonds is 11. The highest BCUT2D eigenvalue weighted by Gasteiger charge is 2.26. The predicted molar refractivity (Wildman–Crippen MR) is 138 cm³/mol. The summed E-state index contributed by atoms with van der Waals surface area (Å²) in [6.45, 7) is 2.25. The summed E-state index contributed by atoms with van der Waals surface area (Å²) in [5.74, 6) is 0.396. The molecule has 0 heterocycles. The number of hydrogen-bond donors (Lipinski definition) is 1. The summed E-state index contributed by atoms with van der Waals surface area (Å²) in [7, 11) is 3.15. The molecule has 3 aromatic carbocycles. The van der Waals surface area contributed by atoms with E-state index in [4.69, 9.17) is 21.1 Å². The Hall–Kier alpha value is -3.58. The second kappa shape index (κ2) is 12.9. The van der Waals surface area contributed by atoms with Crippen molar-refractivity contribution < 1.29 is 23.5 Å². The largest absolute Gasteiger partial charge is 0.493 e. The van der Waals surface area contributed by atoms with Gasteiger partial charge in [0.05, 0.1) is 20.6 Å². The Morgan fingerprint density at radius 1 is 0.917 bits per heavy atom. The number of nitrogens with zero attached hydrogens (tertiary/aromatic N) is 1. The van der Waals surface area contributed by atoms with E-state index in [1.165, 1.54) is 17.0 Å². The van der Waals surface area contributed by atoms with Gasteiger partial charge in [-0.2, -0.15) is 0 Å². The lowest BCUT2D eigenvalue weighted by Gasteiger charge is -2.29. The van der Waals surface area contributed by atoms with E-state index in [0.717, 1.165) is 16.7 Å². The van der Waals surface area contributed by atoms with Gasteiger partial charge >= 0.3 is 0 Å². The van der Waals surface area contributed by atoms with Crippen molar-refractivity contribution in [3.63, 3.8) is 0 Å². The van der Waals surface area contributed by atoms with E-state index in [1.54, 1.807) is 57.5 Å². The Bertz CT molecular complexity index is 1170. The summed E-state index contributed by atoms with van der Waals surface area (Å²) < 4.78 is 24.0. The zero-order valence-electron chi connectivity index (χ0n) is 20.6. The van der Waals surface area contributed by atoms with Crippen molar-refractivity contribution in [1.82, 2.24) is 10.2 Å². The summed E-state index contributed by atoms with van der Waals surface area (Å²) in [4.78, 5) is 27.8. The van der Waals surface area contributed by atoms with Gasteiger partial charge in [0.1, 0.15) is 11.9 Å². The number of hydrogen-bond acceptors (Lipinski definition) is 4. The maximum Gasteiger partial charge on any atom is 0.242 e. The average molecular weight is 513 g/mol. The second-order valence-electron chi connectivity index (χ2n) is 8.36. The van der Waals surface area contributed by atoms with Crippen LogP contribution in [0.1, 0.15) is 23.6 Å². The third-order valence-corrected chi connectivity index (χ3v) is 6.11. The molecular weight excluding hydrogens is 483 g/mol. The Morgan fingerprint density at radius 2 is 1.53 bits per heavy atom. The summed E-state index contributed by atoms with van der Waals surface area (Å²) in [6.07, 6.45) is 0.692. The number of carbonyl (C=O) groups is 2. The molecular formula is C28H30ClFN2O4. The van der Waals surface area contributed by atoms with Gasteiger partial charge < -0.3 is 19.7 Å². The number of amides is 2. The predicted octanol–water partition coefficient (Wildman–Crippen LogP) is 4.82. The molecule has 0 saturated carbocycles. The Kier molecular flexibility index (Phi) is 9.70. The van der Waals surface area contributed by atoms with Crippen molar-refractivity contribution in [3.05, 3.63) is 94.3 Å². The fraction of sp³-hybridized carbons (Fsp3) is 0.286. The summed E-state index contributed by atoms with van der Waals surface area (Å²) in [5.41, 5.74) is 2.49. The zero-order valence-corrected chi connectivity index (χ0v) is 21.3. The quantitative estimate of drug-likeness (QED) is 0.400. The van der Waals surface area contributed by atoms with Crippen LogP contribution in [0.4, 0.5) is 4.39 Å². The normalized spacial score (nSPS) is 11.5. The number of ether oxygens (including phenoxy) is 2. The van der Waals surface area contributed by atoms with Crippen molar-refractivity contribution in [2.75, 3.05) is 20.8 Å². The molecule has 0 spiro atoms. The van der Waals surface area contributed by atoms with Gasteiger partial charge in [0, 0.05) is 18.1 Å². The fourth-order valence-corrected chi connectivity index (χ4v) is 3.89. The summed E-state index contributed by atoms with van der Waals surface area (Å²) >= 11 is 5.96. The highest BCUT2D eigenvalue weighted by atomic mass is 35.5. The van der Waals surface area contributed by atoms with Crippen LogP contribution in [0.15, 0.2) is 66.7 Å². The van der Waals surface area contributed by atoms with Crippen molar-refractivity contribution in [3.8, 4) is 11.5 Å². The van der Waals surface area contributed by atoms with Gasteiger partial charge in [-0.15, -0.1) is 0 Å². The second-order valence-corrected chi connectivity index (χ2v) is 8.79. The molecule has 0 aliphatic rings. The molecule has 6 nitrogen and oxygen atoms in total. The van der Waals surface area contributed by atoms with Crippen LogP contribution in [0.3, 0.4) is 0 Å². The molecule has 3 rings (SSSR count). The van der Waals surface area contributed by atoms with E-state index in [1.807, 2.05) is 18.2 Å². The highest BCUT2D eigenvalue weighted by Crippen LogP contribution is 2.27. The van der Waals surface area contributed by atoms with E-state index >= 15 is 0 Å². The third kappa shape index (κ3) is 7.46. The van der Waals surface area contributed by atoms with Crippen molar-refractivity contribution in [2.24, 2.45) is 0 Å². The molecule has 0 aromatic heterocycles. The average Bonchev–Trinajstić information content (AvgIpc) is 2.89. The number of carbonyl (C=O) groups excluding carboxylic acids is 2. The van der Waals surface area contributed by atoms with Crippen LogP contribution < -0.4 is 14.8 Å². The minimum absolute atomic E-state index is 0.113. The lowest BCUT2D eigenvalue weighted by Crippen LogP contribution is -2.48. The number of halogens is 2. The van der Waals surface area contributed by atoms with Crippen molar-refractivity contribution in [1.29, 1.82) is 0 Å². The van der Waals surface area contributed by atoms with Gasteiger partial charge in [0.15, 0.2) is 11.5 Å². The summed E-state index contributed by atoms with van der Waals surface area (Å²) in [6, 6.07) is 17.8. The summed E-state index contributed by atoms with van der Waals surface area (Å²) in [5, 5.41) is 3.50. The van der Waals surface area contributed by atoms with E-state index in [-0.39, 0.29) is 30.6 Å². The van der Waals surface area contributed by atoms with Gasteiger partial charge in [-0.25, -0.2) is 4.39 Å². The Balaban J connectivity index is 1.68. The van der Waals surface area contributed by atoms with Gasteiger partial charge in [0.25, 0.3) is 0 Å². The molecule has 2 amide bonds. The molecule has 0 radical (unpaired) electrons. The van der Waals surface area contributed by atoms with Crippen LogP contribution in [-0.2, 0) is 29.0 Å². The number of benzene rings is 3. The van der Waals surface area contributed by atoms with Gasteiger partial charge in [-0.1, -0.05) is 41.9 Å². The first-order chi connectivity index (χ1) is 17.3. The van der Waals surface area contributed by atoms with Gasteiger partial charge in [0.2, 0.25) is 11.8 Å². The highest BCUT2D eigenvalue weighted by molar-refractivity contribution is 6.30. The first kappa shape index (κ1) is 27.0. The van der Waals surface area contributed by atoms with Crippen LogP contribution in [0, 0.1) is 5.82 Å². The molecule has 0 aliphatic heterocycles. The van der Waals surface area contributed by atoms with Crippen LogP contribution in [-0.4, -0.2) is 43.5 Å². The number of methoxy groups -OCH3 is 2. The van der Waals surface area contributed by atoms with E-state index < -0.39 is 6.04 Å². The fourth-order valence-electron chi connectivity index (χ4n) is 3.76. The van der Waals surface area contributed by atoms with Crippen LogP contribution >= 0.6 is 11.6 Å². The molecule has 0 saturated heterocycles. The monoisotopic (exact) mass is 512 g/mol. The van der Waals surface area contributed by atoms with Crippen molar-refractivity contribution in [2.45, 2.75) is 32.4 Å². The minimum atomic E-state index is -0.736. The molecule has 0 bridgehead atoms. The first-order valence-corrected chi connectivity index (χ1v) is 12.0. The maximum atomic E-state index is 13.4. The smallest absolute Gasteiger partial charge is 0.242 e. The Labute approximate surface area is 216 Å². The lowest BCUT2D eigenvalue weighted by molar-refractivity contribution is -0.140. The lowest BCUT2D eigenvalue weighted by atomic mass is 10.1. The third-order valence-electron chi connectivity index (χ3n) is 5.86. The Morgan fingerprint density at radius 3 is 2.17 bits per heavy atom. The molecule has 3 aromatic rings. The molecule has 0 fully saturated rings. The molecule has 0 aliphatic carbocycles. The molecule has 36 heavy (non-hydrogen) atoms. The number of nitrogens with one attached hydrogen (secondary N) is 1. The van der Waals surface area contributed by atoms with Crippen LogP contribution in [0.5, 0.6) is 11.5 Å².